The Balaban J connectivity index is 2.88. The van der Waals surface area contributed by atoms with Crippen LogP contribution in [0, 0.1) is 0 Å². The van der Waals surface area contributed by atoms with E-state index in [1.165, 1.54) is 0 Å². The normalized spacial score (nSPS) is 26.3. The van der Waals surface area contributed by atoms with E-state index in [4.69, 9.17) is 32.9 Å². The van der Waals surface area contributed by atoms with E-state index in [1.807, 2.05) is 10.7 Å². The summed E-state index contributed by atoms with van der Waals surface area (Å²) in [5, 5.41) is 0. The fourth-order valence-electron chi connectivity index (χ4n) is 6.64. The van der Waals surface area contributed by atoms with Crippen LogP contribution in [-0.4, -0.2) is 66.8 Å². The van der Waals surface area contributed by atoms with Crippen LogP contribution in [0.1, 0.15) is 96.9 Å². The molecule has 2 aliphatic heterocycles. The Hall–Kier alpha value is 1.77. The third-order valence-electron chi connectivity index (χ3n) is 10.5. The van der Waals surface area contributed by atoms with Gasteiger partial charge in [0, 0.05) is 0 Å². The first kappa shape index (κ1) is 42.9. The minimum absolute atomic E-state index is 0.798. The van der Waals surface area contributed by atoms with Gasteiger partial charge in [0.2, 0.25) is 0 Å². The predicted molar refractivity (Wildman–Crippen MR) is 209 cm³/mol. The third-order valence-corrected chi connectivity index (χ3v) is 60.8. The van der Waals surface area contributed by atoms with Crippen LogP contribution in [-0.2, 0) is 32.9 Å². The molecular formula is C28H70O8SSi8. The lowest BCUT2D eigenvalue weighted by molar-refractivity contribution is 0.221. The van der Waals surface area contributed by atoms with Crippen molar-refractivity contribution in [3.05, 3.63) is 0 Å². The van der Waals surface area contributed by atoms with E-state index in [9.17, 15) is 0 Å². The molecule has 8 nitrogen and oxygen atoms in total. The highest BCUT2D eigenvalue weighted by atomic mass is 32.5. The average molecular weight is 792 g/mol. The fraction of sp³-hybridized carbons (Fsp3) is 1.00. The van der Waals surface area contributed by atoms with E-state index < -0.39 is 66.8 Å². The van der Waals surface area contributed by atoms with Gasteiger partial charge < -0.3 is 32.9 Å². The van der Waals surface area contributed by atoms with Gasteiger partial charge in [-0.1, -0.05) is 108 Å². The maximum atomic E-state index is 7.71. The molecular weight excluding hydrogens is 721 g/mol. The molecule has 2 rings (SSSR count). The summed E-state index contributed by atoms with van der Waals surface area (Å²) in [5.74, 6) is 0. The standard InChI is InChI=1S/C28H70O8SSi8/c1-15-38(16-2)29-40(19-5,20-6)33-44(27-13,34-41(21-7,22-8)30-38)37-45(28-14)35-42(23-9,24-10)31-39(17-3,18-4)32-43(25-11,26-12)36-45/h15-28H2,1-14H3. The van der Waals surface area contributed by atoms with Crippen molar-refractivity contribution in [2.75, 3.05) is 0 Å². The van der Waals surface area contributed by atoms with Gasteiger partial charge in [-0.25, -0.2) is 0 Å². The molecule has 0 amide bonds. The first-order valence-electron chi connectivity index (χ1n) is 18.5. The van der Waals surface area contributed by atoms with Crippen molar-refractivity contribution in [3.8, 4) is 0 Å². The zero-order valence-corrected chi connectivity index (χ0v) is 40.4. The van der Waals surface area contributed by atoms with E-state index in [-0.39, 0.29) is 0 Å². The van der Waals surface area contributed by atoms with Crippen LogP contribution in [0.5, 0.6) is 0 Å². The Morgan fingerprint density at radius 2 is 0.400 bits per heavy atom. The van der Waals surface area contributed by atoms with Crippen molar-refractivity contribution < 1.29 is 32.9 Å². The molecule has 0 unspecified atom stereocenters. The summed E-state index contributed by atoms with van der Waals surface area (Å²) >= 11 is 0. The number of hydrogen-bond acceptors (Lipinski definition) is 9. The number of rotatable bonds is 16. The molecule has 17 heteroatoms. The van der Waals surface area contributed by atoms with Gasteiger partial charge in [0.1, 0.15) is 0 Å². The zero-order valence-electron chi connectivity index (χ0n) is 31.6. The molecule has 0 aliphatic carbocycles. The molecule has 2 heterocycles. The quantitative estimate of drug-likeness (QED) is 0.142. The summed E-state index contributed by atoms with van der Waals surface area (Å²) in [6, 6.07) is 12.3. The van der Waals surface area contributed by atoms with Gasteiger partial charge in [-0.2, -0.15) is 0 Å². The van der Waals surface area contributed by atoms with Gasteiger partial charge in [0.25, 0.3) is 0 Å². The van der Waals surface area contributed by atoms with Crippen molar-refractivity contribution in [2.24, 2.45) is 0 Å². The van der Waals surface area contributed by atoms with Crippen LogP contribution >= 0.6 is 10.7 Å². The Morgan fingerprint density at radius 3 is 0.533 bits per heavy atom. The lowest BCUT2D eigenvalue weighted by Crippen LogP contribution is -2.72. The molecule has 0 N–H and O–H groups in total. The first-order valence-corrected chi connectivity index (χ1v) is 38.2. The van der Waals surface area contributed by atoms with Gasteiger partial charge in [-0.05, 0) is 84.6 Å². The maximum absolute atomic E-state index is 7.71. The topological polar surface area (TPSA) is 73.8 Å². The Bertz CT molecular complexity index is 776. The van der Waals surface area contributed by atoms with Crippen LogP contribution in [0.2, 0.25) is 84.6 Å². The second-order valence-electron chi connectivity index (χ2n) is 12.7. The SMILES string of the molecule is CC[Si]1(CC)O[Si](CC)(CC)O[Si](CC)(S[Si]2(CC)O[Si](CC)(CC)O[Si](CC)(CC)O[Si](CC)(CC)O2)O[Si](CC)(CC)O1. The molecule has 0 bridgehead atoms. The Labute approximate surface area is 290 Å². The molecule has 2 saturated heterocycles. The van der Waals surface area contributed by atoms with E-state index >= 15 is 0 Å². The van der Waals surface area contributed by atoms with Gasteiger partial charge >= 0.3 is 66.8 Å². The summed E-state index contributed by atoms with van der Waals surface area (Å²) in [4.78, 5) is 0. The first-order chi connectivity index (χ1) is 21.2. The predicted octanol–water partition coefficient (Wildman–Crippen LogP) is 10.7. The van der Waals surface area contributed by atoms with Crippen LogP contribution in [0.25, 0.3) is 0 Å². The summed E-state index contributed by atoms with van der Waals surface area (Å²) in [5.41, 5.74) is 0. The Kier molecular flexibility index (Phi) is 16.5. The summed E-state index contributed by atoms with van der Waals surface area (Å²) in [6.45, 7) is 31.5. The largest absolute Gasteiger partial charge is 0.415 e. The van der Waals surface area contributed by atoms with E-state index in [1.54, 1.807) is 0 Å². The van der Waals surface area contributed by atoms with Gasteiger partial charge in [0.15, 0.2) is 0 Å². The molecule has 0 aromatic heterocycles. The summed E-state index contributed by atoms with van der Waals surface area (Å²) in [7, 11) is -20.0. The second-order valence-corrected chi connectivity index (χ2v) is 49.2. The minimum Gasteiger partial charge on any atom is -0.415 e. The average Bonchev–Trinajstić information content (AvgIpc) is 3.07. The van der Waals surface area contributed by atoms with Gasteiger partial charge in [-0.3, -0.25) is 0 Å². The summed E-state index contributed by atoms with van der Waals surface area (Å²) in [6.07, 6.45) is 0. The monoisotopic (exact) mass is 790 g/mol. The van der Waals surface area contributed by atoms with E-state index in [0.29, 0.717) is 0 Å². The smallest absolute Gasteiger partial charge is 0.386 e. The van der Waals surface area contributed by atoms with Gasteiger partial charge in [-0.15, -0.1) is 0 Å². The van der Waals surface area contributed by atoms with Crippen LogP contribution in [0.3, 0.4) is 0 Å². The molecule has 0 spiro atoms. The minimum atomic E-state index is -3.06. The van der Waals surface area contributed by atoms with Crippen molar-refractivity contribution in [1.82, 2.24) is 0 Å². The molecule has 0 aromatic rings. The molecule has 2 fully saturated rings. The fourth-order valence-corrected chi connectivity index (χ4v) is 72.1. The molecule has 0 saturated carbocycles. The van der Waals surface area contributed by atoms with Crippen LogP contribution < -0.4 is 0 Å². The Morgan fingerprint density at radius 1 is 0.244 bits per heavy atom. The van der Waals surface area contributed by atoms with Crippen LogP contribution in [0.15, 0.2) is 0 Å². The van der Waals surface area contributed by atoms with Crippen molar-refractivity contribution in [1.29, 1.82) is 0 Å². The third kappa shape index (κ3) is 9.17. The summed E-state index contributed by atoms with van der Waals surface area (Å²) < 4.78 is 60.5. The zero-order chi connectivity index (χ0) is 34.3. The highest BCUT2D eigenvalue weighted by Gasteiger charge is 2.67. The molecule has 0 atom stereocenters. The molecule has 45 heavy (non-hydrogen) atoms. The van der Waals surface area contributed by atoms with Gasteiger partial charge in [0.05, 0.1) is 0 Å². The molecule has 2 aliphatic rings. The molecule has 0 radical (unpaired) electrons. The maximum Gasteiger partial charge on any atom is 0.386 e. The lowest BCUT2D eigenvalue weighted by Gasteiger charge is -2.56. The highest BCUT2D eigenvalue weighted by molar-refractivity contribution is 8.48. The lowest BCUT2D eigenvalue weighted by atomic mass is 10.9. The van der Waals surface area contributed by atoms with Crippen molar-refractivity contribution in [3.63, 3.8) is 0 Å². The molecule has 268 valence electrons. The second kappa shape index (κ2) is 17.3. The highest BCUT2D eigenvalue weighted by Crippen LogP contribution is 2.51. The van der Waals surface area contributed by atoms with Crippen LogP contribution in [0.4, 0.5) is 0 Å². The number of hydrogen-bond donors (Lipinski definition) is 0. The van der Waals surface area contributed by atoms with E-state index in [2.05, 4.69) is 96.9 Å². The van der Waals surface area contributed by atoms with Crippen molar-refractivity contribution in [2.45, 2.75) is 182 Å². The van der Waals surface area contributed by atoms with E-state index in [0.717, 1.165) is 84.6 Å². The van der Waals surface area contributed by atoms with Crippen molar-refractivity contribution >= 4 is 77.4 Å². The molecule has 0 aromatic carbocycles.